The van der Waals surface area contributed by atoms with Crippen LogP contribution in [0, 0.1) is 0 Å². The fourth-order valence-electron chi connectivity index (χ4n) is 2.47. The molecule has 1 heterocycles. The van der Waals surface area contributed by atoms with E-state index in [1.54, 1.807) is 10.9 Å². The first kappa shape index (κ1) is 16.7. The molecule has 3 rings (SSSR count). The van der Waals surface area contributed by atoms with Gasteiger partial charge in [0.05, 0.1) is 19.1 Å². The number of aliphatic hydroxyl groups excluding tert-OH is 1. The van der Waals surface area contributed by atoms with E-state index in [1.807, 2.05) is 54.6 Å². The predicted octanol–water partition coefficient (Wildman–Crippen LogP) is 2.17. The van der Waals surface area contributed by atoms with Crippen LogP contribution in [0.4, 0.5) is 0 Å². The van der Waals surface area contributed by atoms with Crippen LogP contribution in [0.3, 0.4) is 0 Å². The van der Waals surface area contributed by atoms with Gasteiger partial charge in [0.2, 0.25) is 0 Å². The minimum Gasteiger partial charge on any atom is -0.491 e. The molecule has 25 heavy (non-hydrogen) atoms. The van der Waals surface area contributed by atoms with E-state index in [0.717, 1.165) is 11.3 Å². The number of aromatic nitrogens is 2. The molecule has 0 radical (unpaired) electrons. The third kappa shape index (κ3) is 4.05. The molecule has 1 amide bonds. The highest BCUT2D eigenvalue weighted by molar-refractivity contribution is 5.93. The summed E-state index contributed by atoms with van der Waals surface area (Å²) < 4.78 is 7.22. The minimum absolute atomic E-state index is 0.0586. The normalized spacial score (nSPS) is 10.4. The van der Waals surface area contributed by atoms with E-state index in [0.29, 0.717) is 18.0 Å². The zero-order valence-electron chi connectivity index (χ0n) is 13.6. The number of nitrogens with one attached hydrogen (secondary N) is 1. The summed E-state index contributed by atoms with van der Waals surface area (Å²) in [6.07, 6.45) is 3.15. The van der Waals surface area contributed by atoms with Gasteiger partial charge in [-0.3, -0.25) is 9.36 Å². The van der Waals surface area contributed by atoms with Crippen LogP contribution in [0.1, 0.15) is 16.1 Å². The first-order chi connectivity index (χ1) is 12.3. The lowest BCUT2D eigenvalue weighted by molar-refractivity contribution is 0.0943. The summed E-state index contributed by atoms with van der Waals surface area (Å²) in [7, 11) is 0. The van der Waals surface area contributed by atoms with Crippen LogP contribution in [0.5, 0.6) is 5.75 Å². The van der Waals surface area contributed by atoms with Crippen molar-refractivity contribution in [2.24, 2.45) is 0 Å². The summed E-state index contributed by atoms with van der Waals surface area (Å²) in [6, 6.07) is 17.0. The summed E-state index contributed by atoms with van der Waals surface area (Å²) in [5, 5.41) is 11.8. The lowest BCUT2D eigenvalue weighted by atomic mass is 10.2. The number of aliphatic hydroxyl groups is 1. The third-order valence-electron chi connectivity index (χ3n) is 3.67. The maximum atomic E-state index is 12.5. The molecule has 0 aliphatic heterocycles. The Morgan fingerprint density at radius 3 is 2.68 bits per heavy atom. The van der Waals surface area contributed by atoms with Gasteiger partial charge in [0, 0.05) is 17.8 Å². The highest BCUT2D eigenvalue weighted by Crippen LogP contribution is 2.18. The maximum absolute atomic E-state index is 12.5. The second-order valence-corrected chi connectivity index (χ2v) is 5.35. The van der Waals surface area contributed by atoms with Crippen LogP contribution in [0.25, 0.3) is 5.69 Å². The Morgan fingerprint density at radius 1 is 1.12 bits per heavy atom. The van der Waals surface area contributed by atoms with Gasteiger partial charge in [0.15, 0.2) is 0 Å². The van der Waals surface area contributed by atoms with E-state index < -0.39 is 0 Å². The van der Waals surface area contributed by atoms with E-state index in [4.69, 9.17) is 9.84 Å². The van der Waals surface area contributed by atoms with Crippen LogP contribution in [0.15, 0.2) is 67.1 Å². The number of rotatable bonds is 7. The van der Waals surface area contributed by atoms with Gasteiger partial charge in [-0.05, 0) is 18.2 Å². The average molecular weight is 337 g/mol. The number of imidazole rings is 1. The second-order valence-electron chi connectivity index (χ2n) is 5.35. The molecule has 2 aromatic carbocycles. The van der Waals surface area contributed by atoms with Crippen LogP contribution in [-0.4, -0.2) is 33.8 Å². The average Bonchev–Trinajstić information content (AvgIpc) is 3.15. The Morgan fingerprint density at radius 2 is 1.88 bits per heavy atom. The smallest absolute Gasteiger partial charge is 0.270 e. The molecule has 0 unspecified atom stereocenters. The molecule has 1 aromatic heterocycles. The van der Waals surface area contributed by atoms with E-state index >= 15 is 0 Å². The van der Waals surface area contributed by atoms with Crippen LogP contribution < -0.4 is 10.1 Å². The van der Waals surface area contributed by atoms with Gasteiger partial charge in [0.1, 0.15) is 18.1 Å². The van der Waals surface area contributed by atoms with Gasteiger partial charge in [0.25, 0.3) is 5.91 Å². The molecule has 2 N–H and O–H groups in total. The number of benzene rings is 2. The van der Waals surface area contributed by atoms with Crippen molar-refractivity contribution >= 4 is 5.91 Å². The number of para-hydroxylation sites is 2. The fraction of sp³-hybridized carbons (Fsp3) is 0.158. The number of ether oxygens (including phenoxy) is 1. The highest BCUT2D eigenvalue weighted by atomic mass is 16.5. The summed E-state index contributed by atoms with van der Waals surface area (Å²) in [6.45, 7) is 0.475. The first-order valence-corrected chi connectivity index (χ1v) is 7.97. The molecule has 0 atom stereocenters. The molecule has 6 heteroatoms. The van der Waals surface area contributed by atoms with Crippen molar-refractivity contribution in [3.63, 3.8) is 0 Å². The number of nitrogens with zero attached hydrogens (tertiary/aromatic N) is 2. The molecule has 0 aliphatic carbocycles. The minimum atomic E-state index is -0.224. The number of carbonyl (C=O) groups excluding carboxylic acids is 1. The number of carbonyl (C=O) groups is 1. The van der Waals surface area contributed by atoms with Crippen molar-refractivity contribution in [3.05, 3.63) is 78.4 Å². The molecule has 0 aliphatic rings. The zero-order chi connectivity index (χ0) is 17.5. The van der Waals surface area contributed by atoms with Gasteiger partial charge < -0.3 is 15.2 Å². The van der Waals surface area contributed by atoms with Gasteiger partial charge >= 0.3 is 0 Å². The number of amides is 1. The third-order valence-corrected chi connectivity index (χ3v) is 3.67. The maximum Gasteiger partial charge on any atom is 0.270 e. The Bertz CT molecular complexity index is 831. The van der Waals surface area contributed by atoms with Crippen LogP contribution in [0.2, 0.25) is 0 Å². The number of hydrogen-bond donors (Lipinski definition) is 2. The Kier molecular flexibility index (Phi) is 5.43. The molecule has 0 saturated heterocycles. The fourth-order valence-corrected chi connectivity index (χ4v) is 2.47. The van der Waals surface area contributed by atoms with Crippen LogP contribution >= 0.6 is 0 Å². The summed E-state index contributed by atoms with van der Waals surface area (Å²) >= 11 is 0. The van der Waals surface area contributed by atoms with Crippen molar-refractivity contribution in [2.45, 2.75) is 6.54 Å². The Hall–Kier alpha value is -3.12. The molecular formula is C19H19N3O3. The second kappa shape index (κ2) is 8.12. The predicted molar refractivity (Wildman–Crippen MR) is 93.8 cm³/mol. The lowest BCUT2D eigenvalue weighted by Gasteiger charge is -2.12. The van der Waals surface area contributed by atoms with Crippen molar-refractivity contribution in [2.75, 3.05) is 13.2 Å². The molecule has 6 nitrogen and oxygen atoms in total. The zero-order valence-corrected chi connectivity index (χ0v) is 13.6. The van der Waals surface area contributed by atoms with E-state index in [1.165, 1.54) is 6.20 Å². The molecule has 128 valence electrons. The van der Waals surface area contributed by atoms with Gasteiger partial charge in [-0.2, -0.15) is 0 Å². The molecular weight excluding hydrogens is 318 g/mol. The van der Waals surface area contributed by atoms with Crippen molar-refractivity contribution in [1.29, 1.82) is 0 Å². The van der Waals surface area contributed by atoms with Gasteiger partial charge in [-0.25, -0.2) is 4.98 Å². The summed E-state index contributed by atoms with van der Waals surface area (Å²) in [5.41, 5.74) is 2.17. The lowest BCUT2D eigenvalue weighted by Crippen LogP contribution is -2.25. The van der Waals surface area contributed by atoms with Gasteiger partial charge in [-0.15, -0.1) is 0 Å². The van der Waals surface area contributed by atoms with Crippen molar-refractivity contribution < 1.29 is 14.6 Å². The topological polar surface area (TPSA) is 76.4 Å². The monoisotopic (exact) mass is 337 g/mol. The summed E-state index contributed by atoms with van der Waals surface area (Å²) in [4.78, 5) is 16.6. The molecule has 0 saturated carbocycles. The van der Waals surface area contributed by atoms with E-state index in [9.17, 15) is 4.79 Å². The molecule has 0 spiro atoms. The van der Waals surface area contributed by atoms with Crippen molar-refractivity contribution in [1.82, 2.24) is 14.9 Å². The first-order valence-electron chi connectivity index (χ1n) is 7.97. The van der Waals surface area contributed by atoms with Gasteiger partial charge in [-0.1, -0.05) is 36.4 Å². The van der Waals surface area contributed by atoms with Crippen LogP contribution in [-0.2, 0) is 6.54 Å². The molecule has 0 fully saturated rings. The standard InChI is InChI=1S/C19H19N3O3/c23-10-11-25-18-9-5-4-6-15(18)12-21-19(24)17-13-20-14-22(17)16-7-2-1-3-8-16/h1-9,13-14,23H,10-12H2,(H,21,24). The van der Waals surface area contributed by atoms with Crippen molar-refractivity contribution in [3.8, 4) is 11.4 Å². The largest absolute Gasteiger partial charge is 0.491 e. The van der Waals surface area contributed by atoms with E-state index in [2.05, 4.69) is 10.3 Å². The quantitative estimate of drug-likeness (QED) is 0.693. The molecule has 3 aromatic rings. The van der Waals surface area contributed by atoms with E-state index in [-0.39, 0.29) is 19.1 Å². The Labute approximate surface area is 145 Å². The number of hydrogen-bond acceptors (Lipinski definition) is 4. The summed E-state index contributed by atoms with van der Waals surface area (Å²) in [5.74, 6) is 0.423. The SMILES string of the molecule is O=C(NCc1ccccc1OCCO)c1cncn1-c1ccccc1. The highest BCUT2D eigenvalue weighted by Gasteiger charge is 2.13. The Balaban J connectivity index is 1.72. The molecule has 0 bridgehead atoms.